The minimum Gasteiger partial charge on any atom is -0.372 e. The highest BCUT2D eigenvalue weighted by Crippen LogP contribution is 2.36. The Hall–Kier alpha value is -2.18. The van der Waals surface area contributed by atoms with Crippen LogP contribution in [0.4, 0.5) is 0 Å². The van der Waals surface area contributed by atoms with E-state index >= 15 is 0 Å². The minimum absolute atomic E-state index is 0.0170. The van der Waals surface area contributed by atoms with Gasteiger partial charge in [-0.1, -0.05) is 28.9 Å². The van der Waals surface area contributed by atoms with Crippen molar-refractivity contribution in [1.29, 1.82) is 0 Å². The number of carbonyl (C=O) groups is 1. The van der Waals surface area contributed by atoms with Crippen LogP contribution in [0, 0.1) is 19.8 Å². The lowest BCUT2D eigenvalue weighted by atomic mass is 9.82. The number of likely N-dealkylation sites (tertiary alicyclic amines) is 1. The summed E-state index contributed by atoms with van der Waals surface area (Å²) in [4.78, 5) is 14.4. The van der Waals surface area contributed by atoms with Gasteiger partial charge in [-0.2, -0.15) is 0 Å². The Balaban J connectivity index is 1.21. The van der Waals surface area contributed by atoms with E-state index in [0.717, 1.165) is 32.5 Å². The van der Waals surface area contributed by atoms with E-state index in [1.165, 1.54) is 22.9 Å². The zero-order valence-corrected chi connectivity index (χ0v) is 16.0. The van der Waals surface area contributed by atoms with Crippen LogP contribution in [0.5, 0.6) is 0 Å². The fourth-order valence-corrected chi connectivity index (χ4v) is 4.08. The normalized spacial score (nSPS) is 21.8. The average Bonchev–Trinajstić information content (AvgIpc) is 3.17. The molecule has 1 aromatic carbocycles. The Labute approximate surface area is 159 Å². The zero-order valence-electron chi connectivity index (χ0n) is 16.0. The Bertz CT molecular complexity index is 787. The second-order valence-corrected chi connectivity index (χ2v) is 8.06. The molecule has 4 rings (SSSR count). The molecule has 27 heavy (non-hydrogen) atoms. The summed E-state index contributed by atoms with van der Waals surface area (Å²) in [7, 11) is 0. The third-order valence-electron chi connectivity index (χ3n) is 5.77. The number of hydrogen-bond acceptors (Lipinski definition) is 5. The molecule has 0 radical (unpaired) electrons. The molecule has 1 N–H and O–H groups in total. The molecule has 6 heteroatoms. The van der Waals surface area contributed by atoms with Crippen LogP contribution in [0.15, 0.2) is 35.0 Å². The predicted octanol–water partition coefficient (Wildman–Crippen LogP) is 2.70. The van der Waals surface area contributed by atoms with Crippen molar-refractivity contribution in [3.05, 3.63) is 52.9 Å². The second-order valence-electron chi connectivity index (χ2n) is 8.06. The molecular weight excluding hydrogens is 342 g/mol. The van der Waals surface area contributed by atoms with E-state index in [1.54, 1.807) is 6.07 Å². The topological polar surface area (TPSA) is 67.6 Å². The van der Waals surface area contributed by atoms with Gasteiger partial charge in [0.2, 0.25) is 5.76 Å². The first kappa shape index (κ1) is 18.2. The molecule has 1 amide bonds. The number of nitrogens with zero attached hydrogens (tertiary/aromatic N) is 2. The Morgan fingerprint density at radius 2 is 2.19 bits per heavy atom. The number of ether oxygens (including phenoxy) is 1. The molecule has 0 aliphatic carbocycles. The molecule has 2 aliphatic rings. The van der Waals surface area contributed by atoms with E-state index in [2.05, 4.69) is 47.4 Å². The highest BCUT2D eigenvalue weighted by atomic mass is 16.5. The van der Waals surface area contributed by atoms with Gasteiger partial charge in [-0.15, -0.1) is 0 Å². The molecule has 3 heterocycles. The quantitative estimate of drug-likeness (QED) is 0.878. The van der Waals surface area contributed by atoms with Crippen molar-refractivity contribution >= 4 is 5.91 Å². The minimum atomic E-state index is -0.212. The number of hydrogen-bond donors (Lipinski definition) is 1. The largest absolute Gasteiger partial charge is 0.372 e. The number of nitrogens with one attached hydrogen (secondary N) is 1. The van der Waals surface area contributed by atoms with Crippen LogP contribution >= 0.6 is 0 Å². The summed E-state index contributed by atoms with van der Waals surface area (Å²) in [5, 5.41) is 6.47. The first-order valence-electron chi connectivity index (χ1n) is 9.64. The molecule has 1 spiro atoms. The Morgan fingerprint density at radius 3 is 2.89 bits per heavy atom. The van der Waals surface area contributed by atoms with Gasteiger partial charge in [0.25, 0.3) is 5.91 Å². The lowest BCUT2D eigenvalue weighted by Crippen LogP contribution is -2.64. The number of aryl methyl sites for hydroxylation is 2. The Morgan fingerprint density at radius 1 is 1.33 bits per heavy atom. The third kappa shape index (κ3) is 4.06. The molecule has 0 bridgehead atoms. The highest BCUT2D eigenvalue weighted by Gasteiger charge is 2.46. The number of rotatable bonds is 5. The maximum Gasteiger partial charge on any atom is 0.289 e. The molecular formula is C21H27N3O3. The molecule has 2 aromatic rings. The Kier molecular flexibility index (Phi) is 5.02. The van der Waals surface area contributed by atoms with E-state index in [-0.39, 0.29) is 17.3 Å². The standard InChI is InChI=1S/C21H27N3O3/c1-15-3-4-16(2)18(9-15)11-24-13-21(14-24)7-5-17(12-26-21)10-22-20(25)19-6-8-23-27-19/h3-4,6,8-9,17H,5,7,10-14H2,1-2H3,(H,22,25)/t17-/m0/s1. The van der Waals surface area contributed by atoms with E-state index in [9.17, 15) is 4.79 Å². The fraction of sp³-hybridized carbons (Fsp3) is 0.524. The van der Waals surface area contributed by atoms with Gasteiger partial charge in [-0.05, 0) is 43.7 Å². The van der Waals surface area contributed by atoms with E-state index in [4.69, 9.17) is 9.26 Å². The maximum atomic E-state index is 11.9. The van der Waals surface area contributed by atoms with Crippen LogP contribution in [0.2, 0.25) is 0 Å². The monoisotopic (exact) mass is 369 g/mol. The van der Waals surface area contributed by atoms with E-state index < -0.39 is 0 Å². The first-order valence-corrected chi connectivity index (χ1v) is 9.64. The number of benzene rings is 1. The van der Waals surface area contributed by atoms with Crippen molar-refractivity contribution in [3.63, 3.8) is 0 Å². The lowest BCUT2D eigenvalue weighted by Gasteiger charge is -2.53. The summed E-state index contributed by atoms with van der Waals surface area (Å²) in [5.41, 5.74) is 4.10. The second kappa shape index (κ2) is 7.44. The summed E-state index contributed by atoms with van der Waals surface area (Å²) < 4.78 is 11.1. The summed E-state index contributed by atoms with van der Waals surface area (Å²) in [6.45, 7) is 8.63. The van der Waals surface area contributed by atoms with Crippen LogP contribution in [0.3, 0.4) is 0 Å². The first-order chi connectivity index (χ1) is 13.0. The van der Waals surface area contributed by atoms with Crippen LogP contribution in [0.25, 0.3) is 0 Å². The number of carbonyl (C=O) groups excluding carboxylic acids is 1. The molecule has 144 valence electrons. The van der Waals surface area contributed by atoms with Crippen LogP contribution in [0.1, 0.15) is 40.1 Å². The number of aromatic nitrogens is 1. The number of amides is 1. The van der Waals surface area contributed by atoms with Gasteiger partial charge >= 0.3 is 0 Å². The van der Waals surface area contributed by atoms with Crippen molar-refractivity contribution in [2.45, 2.75) is 38.8 Å². The molecule has 1 aromatic heterocycles. The van der Waals surface area contributed by atoms with Gasteiger partial charge in [-0.3, -0.25) is 9.69 Å². The van der Waals surface area contributed by atoms with Gasteiger partial charge in [0.05, 0.1) is 18.4 Å². The molecule has 0 saturated carbocycles. The maximum absolute atomic E-state index is 11.9. The zero-order chi connectivity index (χ0) is 18.9. The summed E-state index contributed by atoms with van der Waals surface area (Å²) in [5.74, 6) is 0.399. The highest BCUT2D eigenvalue weighted by molar-refractivity contribution is 5.91. The summed E-state index contributed by atoms with van der Waals surface area (Å²) in [6, 6.07) is 8.23. The van der Waals surface area contributed by atoms with Gasteiger partial charge in [0.15, 0.2) is 0 Å². The van der Waals surface area contributed by atoms with E-state index in [0.29, 0.717) is 19.1 Å². The van der Waals surface area contributed by atoms with Gasteiger partial charge in [0.1, 0.15) is 0 Å². The molecule has 6 nitrogen and oxygen atoms in total. The predicted molar refractivity (Wildman–Crippen MR) is 101 cm³/mol. The van der Waals surface area contributed by atoms with Gasteiger partial charge in [0, 0.05) is 32.2 Å². The van der Waals surface area contributed by atoms with Crippen molar-refractivity contribution in [2.24, 2.45) is 5.92 Å². The van der Waals surface area contributed by atoms with Crippen LogP contribution in [-0.4, -0.2) is 47.8 Å². The molecule has 2 aliphatic heterocycles. The van der Waals surface area contributed by atoms with E-state index in [1.807, 2.05) is 0 Å². The third-order valence-corrected chi connectivity index (χ3v) is 5.77. The average molecular weight is 369 g/mol. The SMILES string of the molecule is Cc1ccc(C)c(CN2CC3(CC[C@@H](CNC(=O)c4ccno4)CO3)C2)c1. The molecule has 2 fully saturated rings. The molecule has 1 atom stereocenters. The van der Waals surface area contributed by atoms with Crippen molar-refractivity contribution in [2.75, 3.05) is 26.2 Å². The van der Waals surface area contributed by atoms with Crippen LogP contribution in [-0.2, 0) is 11.3 Å². The lowest BCUT2D eigenvalue weighted by molar-refractivity contribution is -0.181. The fourth-order valence-electron chi connectivity index (χ4n) is 4.08. The smallest absolute Gasteiger partial charge is 0.289 e. The van der Waals surface area contributed by atoms with Gasteiger partial charge in [-0.25, -0.2) is 0 Å². The summed E-state index contributed by atoms with van der Waals surface area (Å²) >= 11 is 0. The van der Waals surface area contributed by atoms with Crippen LogP contribution < -0.4 is 5.32 Å². The van der Waals surface area contributed by atoms with Crippen molar-refractivity contribution in [3.8, 4) is 0 Å². The summed E-state index contributed by atoms with van der Waals surface area (Å²) in [6.07, 6.45) is 3.61. The van der Waals surface area contributed by atoms with Crippen molar-refractivity contribution in [1.82, 2.24) is 15.4 Å². The molecule has 0 unspecified atom stereocenters. The molecule has 2 saturated heterocycles. The van der Waals surface area contributed by atoms with Crippen molar-refractivity contribution < 1.29 is 14.1 Å². The van der Waals surface area contributed by atoms with Gasteiger partial charge < -0.3 is 14.6 Å².